The number of pyridine rings is 1. The van der Waals surface area contributed by atoms with Crippen molar-refractivity contribution in [1.82, 2.24) is 4.98 Å². The Hall–Kier alpha value is -5.39. The van der Waals surface area contributed by atoms with Gasteiger partial charge in [0.2, 0.25) is 0 Å². The van der Waals surface area contributed by atoms with E-state index in [0.717, 1.165) is 27.8 Å². The number of aromatic nitrogens is 1. The van der Waals surface area contributed by atoms with Crippen molar-refractivity contribution in [1.29, 1.82) is 0 Å². The lowest BCUT2D eigenvalue weighted by atomic mass is 9.95. The molecule has 2 heterocycles. The summed E-state index contributed by atoms with van der Waals surface area (Å²) in [5.41, 5.74) is 5.92. The summed E-state index contributed by atoms with van der Waals surface area (Å²) in [6, 6.07) is 53.8. The van der Waals surface area contributed by atoms with Gasteiger partial charge in [-0.1, -0.05) is 152 Å². The van der Waals surface area contributed by atoms with E-state index in [1.54, 1.807) is 7.11 Å². The minimum atomic E-state index is -0.735. The molecule has 1 aromatic heterocycles. The molecule has 7 rings (SSSR count). The summed E-state index contributed by atoms with van der Waals surface area (Å²) in [5.74, 6) is 1.24. The average Bonchev–Trinajstić information content (AvgIpc) is 3.27. The third-order valence-electron chi connectivity index (χ3n) is 9.69. The summed E-state index contributed by atoms with van der Waals surface area (Å²) in [7, 11) is 1.63. The number of hydrogen-bond acceptors (Lipinski definition) is 9. The van der Waals surface area contributed by atoms with Crippen molar-refractivity contribution in [3.63, 3.8) is 0 Å². The van der Waals surface area contributed by atoms with Crippen LogP contribution in [0.2, 0.25) is 0 Å². The molecule has 6 aromatic rings. The van der Waals surface area contributed by atoms with Crippen LogP contribution >= 0.6 is 0 Å². The van der Waals surface area contributed by atoms with Crippen LogP contribution in [0.4, 0.5) is 5.82 Å². The van der Waals surface area contributed by atoms with Gasteiger partial charge in [-0.05, 0) is 39.9 Å². The fourth-order valence-corrected chi connectivity index (χ4v) is 6.73. The zero-order chi connectivity index (χ0) is 38.9. The molecule has 1 saturated heterocycles. The summed E-state index contributed by atoms with van der Waals surface area (Å²) >= 11 is 0. The Labute approximate surface area is 335 Å². The maximum Gasteiger partial charge on any atom is 0.186 e. The van der Waals surface area contributed by atoms with Gasteiger partial charge in [0.15, 0.2) is 6.29 Å². The lowest BCUT2D eigenvalue weighted by molar-refractivity contribution is -0.289. The largest absolute Gasteiger partial charge is 0.487 e. The quantitative estimate of drug-likeness (QED) is 0.0819. The minimum absolute atomic E-state index is 0.238. The highest BCUT2D eigenvalue weighted by Gasteiger charge is 2.48. The van der Waals surface area contributed by atoms with E-state index in [1.807, 2.05) is 164 Å². The van der Waals surface area contributed by atoms with E-state index in [4.69, 9.17) is 38.1 Å². The van der Waals surface area contributed by atoms with E-state index in [2.05, 4.69) is 5.32 Å². The highest BCUT2D eigenvalue weighted by molar-refractivity contribution is 5.43. The van der Waals surface area contributed by atoms with Crippen molar-refractivity contribution in [2.45, 2.75) is 70.3 Å². The molecule has 0 aliphatic carbocycles. The summed E-state index contributed by atoms with van der Waals surface area (Å²) in [6.45, 7) is 2.44. The van der Waals surface area contributed by atoms with Crippen LogP contribution in [0.15, 0.2) is 164 Å². The third kappa shape index (κ3) is 11.8. The van der Waals surface area contributed by atoms with Gasteiger partial charge >= 0.3 is 0 Å². The van der Waals surface area contributed by atoms with Crippen molar-refractivity contribution in [2.24, 2.45) is 0 Å². The molecule has 0 spiro atoms. The minimum Gasteiger partial charge on any atom is -0.487 e. The standard InChI is InChI=1S/C48H50N2O7/c1-51-48-47(56-33-40-25-15-6-16-26-40)46(55-32-39-23-13-5-14-24-39)45(43(57-48)35-53-30-37-19-9-3-10-20-37)50-44-28-27-42(54-31-38-21-11-4-12-22-38)41(49-44)34-52-29-36-17-7-2-8-18-36/h2-28,43,45-48H,29-35H2,1H3,(H,49,50)/t43-,45-,46+,47-,48+/m1/s1. The van der Waals surface area contributed by atoms with E-state index in [0.29, 0.717) is 50.3 Å². The molecule has 1 N–H and O–H groups in total. The molecule has 0 amide bonds. The molecule has 0 saturated carbocycles. The van der Waals surface area contributed by atoms with E-state index in [-0.39, 0.29) is 13.2 Å². The van der Waals surface area contributed by atoms with Crippen molar-refractivity contribution in [2.75, 3.05) is 19.0 Å². The first-order valence-electron chi connectivity index (χ1n) is 19.4. The predicted octanol–water partition coefficient (Wildman–Crippen LogP) is 8.92. The molecule has 0 radical (unpaired) electrons. The van der Waals surface area contributed by atoms with Crippen LogP contribution in [-0.4, -0.2) is 49.3 Å². The van der Waals surface area contributed by atoms with E-state index in [1.165, 1.54) is 0 Å². The van der Waals surface area contributed by atoms with Crippen LogP contribution < -0.4 is 10.1 Å². The van der Waals surface area contributed by atoms with Gasteiger partial charge in [-0.2, -0.15) is 0 Å². The van der Waals surface area contributed by atoms with Gasteiger partial charge in [-0.3, -0.25) is 0 Å². The summed E-state index contributed by atoms with van der Waals surface area (Å²) < 4.78 is 45.1. The SMILES string of the molecule is CO[C@H]1O[C@H](COCc2ccccc2)[C@@H](Nc2ccc(OCc3ccccc3)c(COCc3ccccc3)n2)[C@H](OCc2ccccc2)[C@H]1OCc1ccccc1. The van der Waals surface area contributed by atoms with Crippen molar-refractivity contribution in [3.05, 3.63) is 197 Å². The second-order valence-electron chi connectivity index (χ2n) is 13.9. The van der Waals surface area contributed by atoms with Gasteiger partial charge in [-0.25, -0.2) is 4.98 Å². The predicted molar refractivity (Wildman–Crippen MR) is 219 cm³/mol. The van der Waals surface area contributed by atoms with Crippen LogP contribution in [0.1, 0.15) is 33.5 Å². The Kier molecular flexibility index (Phi) is 14.8. The summed E-state index contributed by atoms with van der Waals surface area (Å²) in [6.07, 6.45) is -2.40. The monoisotopic (exact) mass is 766 g/mol. The molecule has 1 aliphatic heterocycles. The van der Waals surface area contributed by atoms with Crippen LogP contribution in [0.3, 0.4) is 0 Å². The number of anilines is 1. The van der Waals surface area contributed by atoms with Crippen molar-refractivity contribution >= 4 is 5.82 Å². The molecule has 5 aromatic carbocycles. The maximum absolute atomic E-state index is 6.86. The van der Waals surface area contributed by atoms with Crippen LogP contribution in [0.25, 0.3) is 0 Å². The molecule has 1 aliphatic rings. The lowest BCUT2D eigenvalue weighted by Crippen LogP contribution is -2.63. The van der Waals surface area contributed by atoms with Crippen LogP contribution in [0.5, 0.6) is 5.75 Å². The second-order valence-corrected chi connectivity index (χ2v) is 13.9. The first-order valence-corrected chi connectivity index (χ1v) is 19.4. The Bertz CT molecular complexity index is 2020. The van der Waals surface area contributed by atoms with E-state index >= 15 is 0 Å². The van der Waals surface area contributed by atoms with Gasteiger partial charge in [0, 0.05) is 7.11 Å². The van der Waals surface area contributed by atoms with Gasteiger partial charge in [0.25, 0.3) is 0 Å². The zero-order valence-electron chi connectivity index (χ0n) is 32.2. The van der Waals surface area contributed by atoms with Crippen LogP contribution in [-0.2, 0) is 68.1 Å². The molecule has 9 nitrogen and oxygen atoms in total. The molecule has 294 valence electrons. The van der Waals surface area contributed by atoms with E-state index in [9.17, 15) is 0 Å². The first kappa shape index (κ1) is 39.8. The smallest absolute Gasteiger partial charge is 0.186 e. The molecule has 1 fully saturated rings. The Morgan fingerprint density at radius 1 is 0.509 bits per heavy atom. The third-order valence-corrected chi connectivity index (χ3v) is 9.69. The van der Waals surface area contributed by atoms with Gasteiger partial charge in [0.05, 0.1) is 45.7 Å². The maximum atomic E-state index is 6.86. The van der Waals surface area contributed by atoms with Crippen molar-refractivity contribution < 1.29 is 33.2 Å². The molecular weight excluding hydrogens is 717 g/mol. The van der Waals surface area contributed by atoms with Gasteiger partial charge in [-0.15, -0.1) is 0 Å². The highest BCUT2D eigenvalue weighted by Crippen LogP contribution is 2.32. The number of nitrogens with zero attached hydrogens (tertiary/aromatic N) is 1. The number of nitrogens with one attached hydrogen (secondary N) is 1. The fraction of sp³-hybridized carbons (Fsp3) is 0.271. The molecule has 57 heavy (non-hydrogen) atoms. The lowest BCUT2D eigenvalue weighted by Gasteiger charge is -2.46. The molecule has 0 bridgehead atoms. The number of ether oxygens (including phenoxy) is 7. The molecule has 9 heteroatoms. The first-order chi connectivity index (χ1) is 28.2. The topological polar surface area (TPSA) is 89.5 Å². The molecule has 0 unspecified atom stereocenters. The van der Waals surface area contributed by atoms with E-state index < -0.39 is 30.6 Å². The number of rotatable bonds is 20. The number of hydrogen-bond donors (Lipinski definition) is 1. The average molecular weight is 767 g/mol. The Morgan fingerprint density at radius 2 is 0.982 bits per heavy atom. The second kappa shape index (κ2) is 21.2. The number of benzene rings is 5. The summed E-state index contributed by atoms with van der Waals surface area (Å²) in [5, 5.41) is 3.70. The van der Waals surface area contributed by atoms with Gasteiger partial charge < -0.3 is 38.5 Å². The summed E-state index contributed by atoms with van der Waals surface area (Å²) in [4.78, 5) is 5.10. The number of methoxy groups -OCH3 is 1. The Morgan fingerprint density at radius 3 is 1.51 bits per heavy atom. The van der Waals surface area contributed by atoms with Gasteiger partial charge in [0.1, 0.15) is 42.2 Å². The normalized spacial score (nSPS) is 19.2. The molecule has 5 atom stereocenters. The van der Waals surface area contributed by atoms with Crippen LogP contribution in [0, 0.1) is 0 Å². The zero-order valence-corrected chi connectivity index (χ0v) is 32.2. The Balaban J connectivity index is 1.18. The molecular formula is C48H50N2O7. The highest BCUT2D eigenvalue weighted by atomic mass is 16.7. The fourth-order valence-electron chi connectivity index (χ4n) is 6.73. The van der Waals surface area contributed by atoms with Crippen molar-refractivity contribution in [3.8, 4) is 5.75 Å².